The number of rotatable bonds is 5. The van der Waals surface area contributed by atoms with Crippen LogP contribution >= 0.6 is 0 Å². The van der Waals surface area contributed by atoms with Crippen molar-refractivity contribution in [2.24, 2.45) is 0 Å². The molecule has 3 nitrogen and oxygen atoms in total. The standard InChI is InChI=1S/C21H16O3/c22-18-12-10-17(11-13-18)21(23)14-9-16-5-4-8-20(15-16)24-19-6-2-1-3-7-19/h1-15,22H. The van der Waals surface area contributed by atoms with Crippen LogP contribution in [0.1, 0.15) is 15.9 Å². The van der Waals surface area contributed by atoms with Crippen LogP contribution in [0.5, 0.6) is 17.2 Å². The molecule has 0 radical (unpaired) electrons. The molecule has 0 bridgehead atoms. The zero-order valence-electron chi connectivity index (χ0n) is 12.9. The van der Waals surface area contributed by atoms with Crippen LogP contribution in [0, 0.1) is 0 Å². The van der Waals surface area contributed by atoms with Gasteiger partial charge in [-0.25, -0.2) is 0 Å². The fourth-order valence-corrected chi connectivity index (χ4v) is 2.20. The molecule has 0 saturated heterocycles. The molecule has 0 saturated carbocycles. The third-order valence-electron chi connectivity index (χ3n) is 3.42. The van der Waals surface area contributed by atoms with Crippen LogP contribution in [-0.4, -0.2) is 10.9 Å². The Labute approximate surface area is 140 Å². The van der Waals surface area contributed by atoms with Gasteiger partial charge in [-0.05, 0) is 60.2 Å². The lowest BCUT2D eigenvalue weighted by molar-refractivity contribution is 0.104. The number of carbonyl (C=O) groups excluding carboxylic acids is 1. The highest BCUT2D eigenvalue weighted by Crippen LogP contribution is 2.22. The molecule has 0 spiro atoms. The SMILES string of the molecule is O=C(C=Cc1cccc(Oc2ccccc2)c1)c1ccc(O)cc1. The Morgan fingerprint density at radius 3 is 2.29 bits per heavy atom. The lowest BCUT2D eigenvalue weighted by Crippen LogP contribution is -1.93. The van der Waals surface area contributed by atoms with Gasteiger partial charge in [0.1, 0.15) is 17.2 Å². The van der Waals surface area contributed by atoms with Gasteiger partial charge in [0.15, 0.2) is 5.78 Å². The van der Waals surface area contributed by atoms with E-state index >= 15 is 0 Å². The monoisotopic (exact) mass is 316 g/mol. The number of benzene rings is 3. The molecule has 0 aliphatic heterocycles. The van der Waals surface area contributed by atoms with E-state index in [1.165, 1.54) is 18.2 Å². The van der Waals surface area contributed by atoms with Gasteiger partial charge < -0.3 is 9.84 Å². The zero-order chi connectivity index (χ0) is 16.8. The summed E-state index contributed by atoms with van der Waals surface area (Å²) in [6.45, 7) is 0. The summed E-state index contributed by atoms with van der Waals surface area (Å²) in [5.74, 6) is 1.49. The normalized spacial score (nSPS) is 10.7. The quantitative estimate of drug-likeness (QED) is 0.527. The number of hydrogen-bond acceptors (Lipinski definition) is 3. The van der Waals surface area contributed by atoms with Crippen LogP contribution in [0.4, 0.5) is 0 Å². The summed E-state index contributed by atoms with van der Waals surface area (Å²) in [7, 11) is 0. The number of hydrogen-bond donors (Lipinski definition) is 1. The van der Waals surface area contributed by atoms with Crippen molar-refractivity contribution in [3.63, 3.8) is 0 Å². The van der Waals surface area contributed by atoms with Crippen molar-refractivity contribution in [3.8, 4) is 17.2 Å². The van der Waals surface area contributed by atoms with Crippen LogP contribution in [0.25, 0.3) is 6.08 Å². The highest BCUT2D eigenvalue weighted by molar-refractivity contribution is 6.06. The predicted molar refractivity (Wildman–Crippen MR) is 94.4 cm³/mol. The van der Waals surface area contributed by atoms with Crippen molar-refractivity contribution in [2.45, 2.75) is 0 Å². The smallest absolute Gasteiger partial charge is 0.185 e. The molecule has 0 unspecified atom stereocenters. The maximum Gasteiger partial charge on any atom is 0.185 e. The molecule has 3 heteroatoms. The average molecular weight is 316 g/mol. The van der Waals surface area contributed by atoms with Gasteiger partial charge in [0.25, 0.3) is 0 Å². The summed E-state index contributed by atoms with van der Waals surface area (Å²) in [5, 5.41) is 9.25. The maximum absolute atomic E-state index is 12.1. The van der Waals surface area contributed by atoms with E-state index in [1.54, 1.807) is 18.2 Å². The van der Waals surface area contributed by atoms with Gasteiger partial charge in [0.2, 0.25) is 0 Å². The third-order valence-corrected chi connectivity index (χ3v) is 3.42. The molecule has 0 aromatic heterocycles. The van der Waals surface area contributed by atoms with Crippen molar-refractivity contribution >= 4 is 11.9 Å². The van der Waals surface area contributed by atoms with Gasteiger partial charge in [-0.3, -0.25) is 4.79 Å². The second kappa shape index (κ2) is 7.29. The summed E-state index contributed by atoms with van der Waals surface area (Å²) < 4.78 is 5.78. The lowest BCUT2D eigenvalue weighted by atomic mass is 10.1. The van der Waals surface area contributed by atoms with Gasteiger partial charge in [0.05, 0.1) is 0 Å². The Bertz CT molecular complexity index is 850. The molecule has 0 amide bonds. The van der Waals surface area contributed by atoms with E-state index in [0.717, 1.165) is 11.3 Å². The minimum absolute atomic E-state index is 0.121. The Morgan fingerprint density at radius 2 is 1.54 bits per heavy atom. The minimum Gasteiger partial charge on any atom is -0.508 e. The van der Waals surface area contributed by atoms with Crippen molar-refractivity contribution < 1.29 is 14.6 Å². The average Bonchev–Trinajstić information content (AvgIpc) is 2.61. The predicted octanol–water partition coefficient (Wildman–Crippen LogP) is 5.08. The van der Waals surface area contributed by atoms with E-state index in [0.29, 0.717) is 11.3 Å². The fraction of sp³-hybridized carbons (Fsp3) is 0. The molecule has 0 heterocycles. The first-order chi connectivity index (χ1) is 11.7. The number of allylic oxidation sites excluding steroid dienone is 1. The zero-order valence-corrected chi connectivity index (χ0v) is 12.9. The highest BCUT2D eigenvalue weighted by Gasteiger charge is 2.02. The second-order valence-corrected chi connectivity index (χ2v) is 5.23. The molecule has 1 N–H and O–H groups in total. The Morgan fingerprint density at radius 1 is 0.833 bits per heavy atom. The number of phenolic OH excluding ortho intramolecular Hbond substituents is 1. The first-order valence-electron chi connectivity index (χ1n) is 7.55. The molecule has 3 aromatic carbocycles. The van der Waals surface area contributed by atoms with Crippen molar-refractivity contribution in [1.29, 1.82) is 0 Å². The Hall–Kier alpha value is -3.33. The lowest BCUT2D eigenvalue weighted by Gasteiger charge is -2.05. The van der Waals surface area contributed by atoms with Gasteiger partial charge in [0, 0.05) is 5.56 Å². The summed E-state index contributed by atoms with van der Waals surface area (Å²) >= 11 is 0. The number of ketones is 1. The molecule has 3 aromatic rings. The van der Waals surface area contributed by atoms with Gasteiger partial charge in [-0.1, -0.05) is 36.4 Å². The number of para-hydroxylation sites is 1. The topological polar surface area (TPSA) is 46.5 Å². The Balaban J connectivity index is 1.72. The molecule has 118 valence electrons. The van der Waals surface area contributed by atoms with E-state index in [-0.39, 0.29) is 11.5 Å². The number of phenols is 1. The summed E-state index contributed by atoms with van der Waals surface area (Å²) in [6.07, 6.45) is 3.25. The highest BCUT2D eigenvalue weighted by atomic mass is 16.5. The van der Waals surface area contributed by atoms with Crippen molar-refractivity contribution in [1.82, 2.24) is 0 Å². The van der Waals surface area contributed by atoms with Crippen LogP contribution in [-0.2, 0) is 0 Å². The largest absolute Gasteiger partial charge is 0.508 e. The second-order valence-electron chi connectivity index (χ2n) is 5.23. The number of aromatic hydroxyl groups is 1. The molecular weight excluding hydrogens is 300 g/mol. The Kier molecular flexibility index (Phi) is 4.73. The van der Waals surface area contributed by atoms with Gasteiger partial charge >= 0.3 is 0 Å². The summed E-state index contributed by atoms with van der Waals surface area (Å²) in [6, 6.07) is 23.2. The molecule has 0 aliphatic carbocycles. The molecule has 0 aliphatic rings. The van der Waals surface area contributed by atoms with Gasteiger partial charge in [-0.2, -0.15) is 0 Å². The third kappa shape index (κ3) is 4.11. The van der Waals surface area contributed by atoms with Crippen LogP contribution in [0.15, 0.2) is 84.9 Å². The maximum atomic E-state index is 12.1. The fourth-order valence-electron chi connectivity index (χ4n) is 2.20. The van der Waals surface area contributed by atoms with Gasteiger partial charge in [-0.15, -0.1) is 0 Å². The minimum atomic E-state index is -0.121. The molecule has 0 fully saturated rings. The van der Waals surface area contributed by atoms with Crippen molar-refractivity contribution in [3.05, 3.63) is 96.1 Å². The van der Waals surface area contributed by atoms with Crippen molar-refractivity contribution in [2.75, 3.05) is 0 Å². The van der Waals surface area contributed by atoms with E-state index in [4.69, 9.17) is 4.74 Å². The van der Waals surface area contributed by atoms with E-state index < -0.39 is 0 Å². The molecule has 3 rings (SSSR count). The van der Waals surface area contributed by atoms with E-state index in [1.807, 2.05) is 54.6 Å². The number of carbonyl (C=O) groups is 1. The van der Waals surface area contributed by atoms with Crippen LogP contribution in [0.2, 0.25) is 0 Å². The van der Waals surface area contributed by atoms with Crippen LogP contribution in [0.3, 0.4) is 0 Å². The number of ether oxygens (including phenoxy) is 1. The molecule has 24 heavy (non-hydrogen) atoms. The molecule has 0 atom stereocenters. The van der Waals surface area contributed by atoms with E-state index in [9.17, 15) is 9.90 Å². The first-order valence-corrected chi connectivity index (χ1v) is 7.55. The first kappa shape index (κ1) is 15.6. The summed E-state index contributed by atoms with van der Waals surface area (Å²) in [4.78, 5) is 12.1. The summed E-state index contributed by atoms with van der Waals surface area (Å²) in [5.41, 5.74) is 1.40. The molecular formula is C21H16O3. The van der Waals surface area contributed by atoms with E-state index in [2.05, 4.69) is 0 Å². The van der Waals surface area contributed by atoms with Crippen LogP contribution < -0.4 is 4.74 Å².